The van der Waals surface area contributed by atoms with E-state index in [2.05, 4.69) is 50.4 Å². The van der Waals surface area contributed by atoms with Crippen LogP contribution in [0.5, 0.6) is 0 Å². The van der Waals surface area contributed by atoms with Crippen LogP contribution in [0.25, 0.3) is 5.57 Å². The molecular weight excluding hydrogens is 258 g/mol. The van der Waals surface area contributed by atoms with E-state index in [4.69, 9.17) is 0 Å². The van der Waals surface area contributed by atoms with Crippen molar-refractivity contribution >= 4 is 11.5 Å². The molecule has 1 amide bonds. The number of hydrogen-bond donors (Lipinski definition) is 1. The summed E-state index contributed by atoms with van der Waals surface area (Å²) in [5.74, 6) is 0.0934. The molecule has 0 radical (unpaired) electrons. The van der Waals surface area contributed by atoms with Gasteiger partial charge in [-0.15, -0.1) is 0 Å². The van der Waals surface area contributed by atoms with Crippen molar-refractivity contribution in [3.63, 3.8) is 0 Å². The standard InChI is InChI=1S/C19H27NO/c1-5-6-7-12-19(4)13-17(15(3)18(21)20-19)16-10-8-14(2)9-11-16/h8-11H,5-7,12-13H2,1-4H3,(H,20,21). The molecule has 2 rings (SSSR count). The Hall–Kier alpha value is -1.57. The highest BCUT2D eigenvalue weighted by Gasteiger charge is 2.33. The summed E-state index contributed by atoms with van der Waals surface area (Å²) in [6.45, 7) is 8.42. The van der Waals surface area contributed by atoms with Crippen LogP contribution >= 0.6 is 0 Å². The van der Waals surface area contributed by atoms with E-state index < -0.39 is 0 Å². The lowest BCUT2D eigenvalue weighted by atomic mass is 9.80. The van der Waals surface area contributed by atoms with Crippen LogP contribution in [-0.2, 0) is 4.79 Å². The molecule has 1 aliphatic rings. The molecule has 0 saturated carbocycles. The lowest BCUT2D eigenvalue weighted by Gasteiger charge is -2.37. The molecule has 0 aliphatic carbocycles. The van der Waals surface area contributed by atoms with E-state index in [0.29, 0.717) is 0 Å². The van der Waals surface area contributed by atoms with Gasteiger partial charge in [-0.25, -0.2) is 0 Å². The van der Waals surface area contributed by atoms with Crippen LogP contribution in [0.4, 0.5) is 0 Å². The summed E-state index contributed by atoms with van der Waals surface area (Å²) >= 11 is 0. The average Bonchev–Trinajstić information content (AvgIpc) is 2.44. The van der Waals surface area contributed by atoms with Crippen LogP contribution in [0.15, 0.2) is 29.8 Å². The Morgan fingerprint density at radius 2 is 1.81 bits per heavy atom. The summed E-state index contributed by atoms with van der Waals surface area (Å²) in [6.07, 6.45) is 5.60. The van der Waals surface area contributed by atoms with Crippen molar-refractivity contribution in [2.75, 3.05) is 0 Å². The Labute approximate surface area is 128 Å². The molecule has 2 nitrogen and oxygen atoms in total. The van der Waals surface area contributed by atoms with Crippen molar-refractivity contribution in [1.82, 2.24) is 5.32 Å². The van der Waals surface area contributed by atoms with Gasteiger partial charge in [0.1, 0.15) is 0 Å². The summed E-state index contributed by atoms with van der Waals surface area (Å²) < 4.78 is 0. The van der Waals surface area contributed by atoms with Gasteiger partial charge in [-0.1, -0.05) is 56.0 Å². The molecule has 1 unspecified atom stereocenters. The summed E-state index contributed by atoms with van der Waals surface area (Å²) in [4.78, 5) is 12.3. The highest BCUT2D eigenvalue weighted by atomic mass is 16.1. The Morgan fingerprint density at radius 3 is 2.43 bits per heavy atom. The second-order valence-corrected chi connectivity index (χ2v) is 6.62. The average molecular weight is 285 g/mol. The van der Waals surface area contributed by atoms with Crippen molar-refractivity contribution in [2.24, 2.45) is 0 Å². The fourth-order valence-electron chi connectivity index (χ4n) is 3.06. The van der Waals surface area contributed by atoms with Crippen molar-refractivity contribution in [1.29, 1.82) is 0 Å². The molecular formula is C19H27NO. The molecule has 1 aliphatic heterocycles. The molecule has 21 heavy (non-hydrogen) atoms. The van der Waals surface area contributed by atoms with Gasteiger partial charge in [0.15, 0.2) is 0 Å². The molecule has 2 heteroatoms. The first-order valence-corrected chi connectivity index (χ1v) is 8.04. The zero-order valence-electron chi connectivity index (χ0n) is 13.8. The van der Waals surface area contributed by atoms with Gasteiger partial charge in [-0.3, -0.25) is 4.79 Å². The number of hydrogen-bond acceptors (Lipinski definition) is 1. The van der Waals surface area contributed by atoms with E-state index in [0.717, 1.165) is 18.4 Å². The molecule has 0 spiro atoms. The minimum Gasteiger partial charge on any atom is -0.347 e. The normalized spacial score (nSPS) is 22.4. The molecule has 0 bridgehead atoms. The van der Waals surface area contributed by atoms with Crippen LogP contribution in [0.3, 0.4) is 0 Å². The summed E-state index contributed by atoms with van der Waals surface area (Å²) in [5.41, 5.74) is 4.41. The van der Waals surface area contributed by atoms with Crippen molar-refractivity contribution in [3.05, 3.63) is 41.0 Å². The monoisotopic (exact) mass is 285 g/mol. The molecule has 1 atom stereocenters. The zero-order valence-corrected chi connectivity index (χ0v) is 13.8. The number of benzene rings is 1. The van der Waals surface area contributed by atoms with Crippen LogP contribution in [0, 0.1) is 6.92 Å². The van der Waals surface area contributed by atoms with Gasteiger partial charge in [0.05, 0.1) is 0 Å². The molecule has 0 saturated heterocycles. The fourth-order valence-corrected chi connectivity index (χ4v) is 3.06. The first kappa shape index (κ1) is 15.8. The van der Waals surface area contributed by atoms with E-state index in [9.17, 15) is 4.79 Å². The zero-order chi connectivity index (χ0) is 15.5. The highest BCUT2D eigenvalue weighted by Crippen LogP contribution is 2.35. The number of unbranched alkanes of at least 4 members (excludes halogenated alkanes) is 2. The lowest BCUT2D eigenvalue weighted by Crippen LogP contribution is -2.49. The molecule has 114 valence electrons. The highest BCUT2D eigenvalue weighted by molar-refractivity contribution is 6.03. The Morgan fingerprint density at radius 1 is 1.14 bits per heavy atom. The lowest BCUT2D eigenvalue weighted by molar-refractivity contribution is -0.119. The number of rotatable bonds is 5. The van der Waals surface area contributed by atoms with Gasteiger partial charge in [-0.05, 0) is 44.7 Å². The summed E-state index contributed by atoms with van der Waals surface area (Å²) in [5, 5.41) is 3.22. The smallest absolute Gasteiger partial charge is 0.247 e. The van der Waals surface area contributed by atoms with E-state index in [1.54, 1.807) is 0 Å². The van der Waals surface area contributed by atoms with Crippen molar-refractivity contribution < 1.29 is 4.79 Å². The number of nitrogens with one attached hydrogen (secondary N) is 1. The van der Waals surface area contributed by atoms with Gasteiger partial charge in [0, 0.05) is 11.1 Å². The molecule has 0 aromatic heterocycles. The topological polar surface area (TPSA) is 29.1 Å². The second kappa shape index (κ2) is 6.46. The van der Waals surface area contributed by atoms with E-state index in [-0.39, 0.29) is 11.4 Å². The number of carbonyl (C=O) groups is 1. The van der Waals surface area contributed by atoms with Crippen LogP contribution in [0.2, 0.25) is 0 Å². The second-order valence-electron chi connectivity index (χ2n) is 6.62. The van der Waals surface area contributed by atoms with Crippen LogP contribution < -0.4 is 5.32 Å². The third-order valence-corrected chi connectivity index (χ3v) is 4.51. The number of aryl methyl sites for hydroxylation is 1. The van der Waals surface area contributed by atoms with Gasteiger partial charge >= 0.3 is 0 Å². The third-order valence-electron chi connectivity index (χ3n) is 4.51. The number of carbonyl (C=O) groups excluding carboxylic acids is 1. The minimum absolute atomic E-state index is 0.0934. The van der Waals surface area contributed by atoms with Gasteiger partial charge in [-0.2, -0.15) is 0 Å². The maximum absolute atomic E-state index is 12.3. The Bertz CT molecular complexity index is 541. The minimum atomic E-state index is -0.105. The van der Waals surface area contributed by atoms with E-state index in [1.807, 2.05) is 6.92 Å². The summed E-state index contributed by atoms with van der Waals surface area (Å²) in [6, 6.07) is 8.52. The van der Waals surface area contributed by atoms with Crippen molar-refractivity contribution in [3.8, 4) is 0 Å². The fraction of sp³-hybridized carbons (Fsp3) is 0.526. The van der Waals surface area contributed by atoms with Gasteiger partial charge in [0.2, 0.25) is 5.91 Å². The van der Waals surface area contributed by atoms with Crippen molar-refractivity contribution in [2.45, 2.75) is 65.3 Å². The molecule has 0 fully saturated rings. The maximum Gasteiger partial charge on any atom is 0.247 e. The molecule has 1 heterocycles. The predicted molar refractivity (Wildman–Crippen MR) is 89.1 cm³/mol. The predicted octanol–water partition coefficient (Wildman–Crippen LogP) is 4.63. The van der Waals surface area contributed by atoms with E-state index >= 15 is 0 Å². The largest absolute Gasteiger partial charge is 0.347 e. The SMILES string of the molecule is CCCCCC1(C)CC(c2ccc(C)cc2)=C(C)C(=O)N1. The molecule has 1 aromatic rings. The van der Waals surface area contributed by atoms with Crippen LogP contribution in [0.1, 0.15) is 64.0 Å². The molecule has 1 aromatic carbocycles. The first-order chi connectivity index (χ1) is 9.95. The maximum atomic E-state index is 12.3. The quantitative estimate of drug-likeness (QED) is 0.785. The Balaban J connectivity index is 2.24. The number of amides is 1. The van der Waals surface area contributed by atoms with Gasteiger partial charge < -0.3 is 5.32 Å². The van der Waals surface area contributed by atoms with Gasteiger partial charge in [0.25, 0.3) is 0 Å². The third kappa shape index (κ3) is 3.75. The summed E-state index contributed by atoms with van der Waals surface area (Å²) in [7, 11) is 0. The first-order valence-electron chi connectivity index (χ1n) is 8.04. The Kier molecular flexibility index (Phi) is 4.87. The van der Waals surface area contributed by atoms with E-state index in [1.165, 1.54) is 36.0 Å². The van der Waals surface area contributed by atoms with Crippen LogP contribution in [-0.4, -0.2) is 11.4 Å². The molecule has 1 N–H and O–H groups in total.